The summed E-state index contributed by atoms with van der Waals surface area (Å²) in [6, 6.07) is 6.70. The number of hydrogen-bond acceptors (Lipinski definition) is 5. The van der Waals surface area contributed by atoms with Gasteiger partial charge >= 0.3 is 5.97 Å². The lowest BCUT2D eigenvalue weighted by atomic mass is 10.3. The molecule has 16 heavy (non-hydrogen) atoms. The SMILES string of the molecule is N#CCN(CC#N)c1ccnc(C(=O)O)c1. The number of pyridine rings is 1. The van der Waals surface area contributed by atoms with Crippen LogP contribution in [0.4, 0.5) is 5.69 Å². The number of anilines is 1. The number of carboxylic acids is 1. The van der Waals surface area contributed by atoms with Crippen LogP contribution in [-0.4, -0.2) is 29.1 Å². The smallest absolute Gasteiger partial charge is 0.354 e. The van der Waals surface area contributed by atoms with E-state index in [1.54, 1.807) is 6.07 Å². The fourth-order valence-corrected chi connectivity index (χ4v) is 1.14. The predicted octanol–water partition coefficient (Wildman–Crippen LogP) is 0.633. The summed E-state index contributed by atoms with van der Waals surface area (Å²) in [5.41, 5.74) is 0.383. The average Bonchev–Trinajstić information content (AvgIpc) is 2.29. The molecule has 0 radical (unpaired) electrons. The molecule has 80 valence electrons. The molecule has 1 aromatic rings. The lowest BCUT2D eigenvalue weighted by molar-refractivity contribution is 0.0690. The first kappa shape index (κ1) is 11.5. The largest absolute Gasteiger partial charge is 0.477 e. The molecule has 0 aliphatic heterocycles. The molecule has 0 aliphatic carbocycles. The normalized spacial score (nSPS) is 8.88. The van der Waals surface area contributed by atoms with Crippen molar-refractivity contribution in [2.75, 3.05) is 18.0 Å². The maximum absolute atomic E-state index is 10.7. The van der Waals surface area contributed by atoms with Crippen LogP contribution in [0.25, 0.3) is 0 Å². The summed E-state index contributed by atoms with van der Waals surface area (Å²) >= 11 is 0. The first-order valence-corrected chi connectivity index (χ1v) is 4.37. The van der Waals surface area contributed by atoms with Crippen molar-refractivity contribution in [3.05, 3.63) is 24.0 Å². The van der Waals surface area contributed by atoms with Crippen LogP contribution in [0.3, 0.4) is 0 Å². The maximum atomic E-state index is 10.7. The summed E-state index contributed by atoms with van der Waals surface area (Å²) in [6.45, 7) is 0.0489. The number of aromatic nitrogens is 1. The third-order valence-corrected chi connectivity index (χ3v) is 1.85. The zero-order chi connectivity index (χ0) is 12.0. The summed E-state index contributed by atoms with van der Waals surface area (Å²) in [6.07, 6.45) is 1.33. The zero-order valence-electron chi connectivity index (χ0n) is 8.29. The van der Waals surface area contributed by atoms with E-state index in [1.165, 1.54) is 17.2 Å². The molecule has 1 rings (SSSR count). The maximum Gasteiger partial charge on any atom is 0.354 e. The van der Waals surface area contributed by atoms with Crippen LogP contribution in [-0.2, 0) is 0 Å². The Morgan fingerprint density at radius 3 is 2.56 bits per heavy atom. The highest BCUT2D eigenvalue weighted by Crippen LogP contribution is 2.13. The highest BCUT2D eigenvalue weighted by atomic mass is 16.4. The molecule has 6 nitrogen and oxygen atoms in total. The molecule has 0 fully saturated rings. The zero-order valence-corrected chi connectivity index (χ0v) is 8.29. The third-order valence-electron chi connectivity index (χ3n) is 1.85. The van der Waals surface area contributed by atoms with Gasteiger partial charge in [-0.2, -0.15) is 10.5 Å². The van der Waals surface area contributed by atoms with E-state index in [0.29, 0.717) is 5.69 Å². The quantitative estimate of drug-likeness (QED) is 0.741. The predicted molar refractivity (Wildman–Crippen MR) is 54.6 cm³/mol. The minimum atomic E-state index is -1.14. The highest BCUT2D eigenvalue weighted by molar-refractivity contribution is 5.86. The highest BCUT2D eigenvalue weighted by Gasteiger charge is 2.09. The van der Waals surface area contributed by atoms with E-state index in [-0.39, 0.29) is 18.8 Å². The molecule has 0 saturated heterocycles. The lowest BCUT2D eigenvalue weighted by Crippen LogP contribution is -2.24. The van der Waals surface area contributed by atoms with Crippen molar-refractivity contribution in [3.63, 3.8) is 0 Å². The van der Waals surface area contributed by atoms with Crippen molar-refractivity contribution >= 4 is 11.7 Å². The van der Waals surface area contributed by atoms with E-state index in [0.717, 1.165) is 0 Å². The van der Waals surface area contributed by atoms with Gasteiger partial charge in [0.05, 0.1) is 12.1 Å². The van der Waals surface area contributed by atoms with E-state index < -0.39 is 5.97 Å². The summed E-state index contributed by atoms with van der Waals surface area (Å²) < 4.78 is 0. The van der Waals surface area contributed by atoms with Gasteiger partial charge in [0.15, 0.2) is 0 Å². The minimum Gasteiger partial charge on any atom is -0.477 e. The molecule has 0 atom stereocenters. The fraction of sp³-hybridized carbons (Fsp3) is 0.200. The number of hydrogen-bond donors (Lipinski definition) is 1. The summed E-state index contributed by atoms with van der Waals surface area (Å²) in [5, 5.41) is 25.9. The van der Waals surface area contributed by atoms with Crippen LogP contribution >= 0.6 is 0 Å². The summed E-state index contributed by atoms with van der Waals surface area (Å²) in [5.74, 6) is -1.14. The topological polar surface area (TPSA) is 101 Å². The Bertz CT molecular complexity index is 456. The standard InChI is InChI=1S/C10H8N4O2/c11-2-5-14(6-3-12)8-1-4-13-9(7-8)10(15)16/h1,4,7H,5-6H2,(H,15,16). The van der Waals surface area contributed by atoms with E-state index in [1.807, 2.05) is 12.1 Å². The Morgan fingerprint density at radius 2 is 2.06 bits per heavy atom. The van der Waals surface area contributed by atoms with Crippen LogP contribution in [0, 0.1) is 22.7 Å². The molecule has 0 aliphatic rings. The Hall–Kier alpha value is -2.60. The second-order valence-corrected chi connectivity index (χ2v) is 2.88. The first-order chi connectivity index (χ1) is 7.69. The van der Waals surface area contributed by atoms with E-state index >= 15 is 0 Å². The average molecular weight is 216 g/mol. The van der Waals surface area contributed by atoms with E-state index in [4.69, 9.17) is 15.6 Å². The minimum absolute atomic E-state index is 0.0244. The van der Waals surface area contributed by atoms with Gasteiger partial charge in [0.25, 0.3) is 0 Å². The van der Waals surface area contributed by atoms with Gasteiger partial charge in [-0.05, 0) is 12.1 Å². The van der Waals surface area contributed by atoms with Crippen LogP contribution in [0.2, 0.25) is 0 Å². The van der Waals surface area contributed by atoms with Gasteiger partial charge in [0.2, 0.25) is 0 Å². The van der Waals surface area contributed by atoms with Crippen molar-refractivity contribution in [2.45, 2.75) is 0 Å². The Kier molecular flexibility index (Phi) is 3.82. The van der Waals surface area contributed by atoms with Crippen LogP contribution < -0.4 is 4.90 Å². The number of nitrogens with zero attached hydrogens (tertiary/aromatic N) is 4. The Morgan fingerprint density at radius 1 is 1.44 bits per heavy atom. The number of carboxylic acid groups (broad SMARTS) is 1. The van der Waals surface area contributed by atoms with Crippen molar-refractivity contribution in [1.82, 2.24) is 4.98 Å². The molecule has 1 N–H and O–H groups in total. The molecule has 1 heterocycles. The van der Waals surface area contributed by atoms with Crippen LogP contribution in [0.1, 0.15) is 10.5 Å². The number of rotatable bonds is 4. The van der Waals surface area contributed by atoms with Crippen LogP contribution in [0.5, 0.6) is 0 Å². The van der Waals surface area contributed by atoms with E-state index in [9.17, 15) is 4.79 Å². The van der Waals surface area contributed by atoms with Gasteiger partial charge in [-0.25, -0.2) is 9.78 Å². The van der Waals surface area contributed by atoms with Gasteiger partial charge < -0.3 is 10.0 Å². The summed E-state index contributed by atoms with van der Waals surface area (Å²) in [7, 11) is 0. The molecule has 0 amide bonds. The molecule has 0 aromatic carbocycles. The van der Waals surface area contributed by atoms with Crippen molar-refractivity contribution in [1.29, 1.82) is 10.5 Å². The van der Waals surface area contributed by atoms with Gasteiger partial charge in [-0.1, -0.05) is 0 Å². The van der Waals surface area contributed by atoms with Crippen molar-refractivity contribution in [3.8, 4) is 12.1 Å². The number of nitriles is 2. The van der Waals surface area contributed by atoms with Gasteiger partial charge in [-0.3, -0.25) is 0 Å². The van der Waals surface area contributed by atoms with E-state index in [2.05, 4.69) is 4.98 Å². The van der Waals surface area contributed by atoms with Gasteiger partial charge in [-0.15, -0.1) is 0 Å². The summed E-state index contributed by atoms with van der Waals surface area (Å²) in [4.78, 5) is 15.8. The second-order valence-electron chi connectivity index (χ2n) is 2.88. The van der Waals surface area contributed by atoms with Gasteiger partial charge in [0.1, 0.15) is 18.8 Å². The molecule has 6 heteroatoms. The second kappa shape index (κ2) is 5.32. The third kappa shape index (κ3) is 2.69. The van der Waals surface area contributed by atoms with Crippen molar-refractivity contribution in [2.24, 2.45) is 0 Å². The molecule has 1 aromatic heterocycles. The molecule has 0 bridgehead atoms. The molecule has 0 unspecified atom stereocenters. The number of aromatic carboxylic acids is 1. The molecular weight excluding hydrogens is 208 g/mol. The van der Waals surface area contributed by atoms with Gasteiger partial charge in [0, 0.05) is 11.9 Å². The fourth-order valence-electron chi connectivity index (χ4n) is 1.14. The van der Waals surface area contributed by atoms with Crippen molar-refractivity contribution < 1.29 is 9.90 Å². The number of carbonyl (C=O) groups is 1. The first-order valence-electron chi connectivity index (χ1n) is 4.37. The molecular formula is C10H8N4O2. The monoisotopic (exact) mass is 216 g/mol. The lowest BCUT2D eigenvalue weighted by Gasteiger charge is -2.17. The van der Waals surface area contributed by atoms with Crippen LogP contribution in [0.15, 0.2) is 18.3 Å². The molecule has 0 saturated carbocycles. The molecule has 0 spiro atoms. The Balaban J connectivity index is 3.01. The Labute approximate surface area is 92.0 Å².